The highest BCUT2D eigenvalue weighted by atomic mass is 19.1. The largest absolute Gasteiger partial charge is 0.397 e. The fraction of sp³-hybridized carbons (Fsp3) is 0.538. The molecule has 0 amide bonds. The molecule has 1 aromatic carbocycles. The second kappa shape index (κ2) is 5.36. The van der Waals surface area contributed by atoms with Crippen molar-refractivity contribution >= 4 is 11.4 Å². The van der Waals surface area contributed by atoms with E-state index in [-0.39, 0.29) is 11.9 Å². The summed E-state index contributed by atoms with van der Waals surface area (Å²) in [7, 11) is 0. The molecule has 1 atom stereocenters. The van der Waals surface area contributed by atoms with Crippen molar-refractivity contribution in [3.05, 3.63) is 24.0 Å². The van der Waals surface area contributed by atoms with E-state index in [2.05, 4.69) is 4.90 Å². The molecule has 1 heterocycles. The number of ether oxygens (including phenoxy) is 1. The number of piperidine rings is 1. The lowest BCUT2D eigenvalue weighted by atomic mass is 10.1. The van der Waals surface area contributed by atoms with Gasteiger partial charge in [0.15, 0.2) is 0 Å². The zero-order chi connectivity index (χ0) is 12.3. The zero-order valence-corrected chi connectivity index (χ0v) is 10.2. The summed E-state index contributed by atoms with van der Waals surface area (Å²) in [6, 6.07) is 4.52. The van der Waals surface area contributed by atoms with Gasteiger partial charge in [-0.25, -0.2) is 4.39 Å². The monoisotopic (exact) mass is 238 g/mol. The van der Waals surface area contributed by atoms with Gasteiger partial charge in [0.25, 0.3) is 0 Å². The average Bonchev–Trinajstić information content (AvgIpc) is 2.33. The van der Waals surface area contributed by atoms with Crippen LogP contribution in [0.4, 0.5) is 15.8 Å². The molecule has 0 saturated carbocycles. The number of anilines is 2. The van der Waals surface area contributed by atoms with Crippen LogP contribution >= 0.6 is 0 Å². The molecule has 0 aromatic heterocycles. The molecule has 0 bridgehead atoms. The molecular weight excluding hydrogens is 219 g/mol. The maximum atomic E-state index is 13.2. The summed E-state index contributed by atoms with van der Waals surface area (Å²) in [5, 5.41) is 0. The number of benzene rings is 1. The van der Waals surface area contributed by atoms with Crippen LogP contribution in [0.25, 0.3) is 0 Å². The normalized spacial score (nSPS) is 20.6. The minimum atomic E-state index is -0.243. The lowest BCUT2D eigenvalue weighted by molar-refractivity contribution is 0.0527. The fourth-order valence-electron chi connectivity index (χ4n) is 2.32. The average molecular weight is 238 g/mol. The standard InChI is InChI=1S/C13H19FN2O/c1-2-17-11-4-3-7-16(9-11)13-8-10(14)5-6-12(13)15/h5-6,8,11H,2-4,7,9,15H2,1H3. The molecule has 1 aliphatic rings. The lowest BCUT2D eigenvalue weighted by Gasteiger charge is -2.34. The molecule has 2 rings (SSSR count). The van der Waals surface area contributed by atoms with Crippen LogP contribution in [-0.4, -0.2) is 25.8 Å². The van der Waals surface area contributed by atoms with Crippen molar-refractivity contribution < 1.29 is 9.13 Å². The van der Waals surface area contributed by atoms with Gasteiger partial charge in [0.1, 0.15) is 5.82 Å². The molecule has 3 nitrogen and oxygen atoms in total. The third kappa shape index (κ3) is 2.88. The Morgan fingerprint density at radius 2 is 2.35 bits per heavy atom. The molecule has 4 heteroatoms. The predicted molar refractivity (Wildman–Crippen MR) is 67.7 cm³/mol. The first-order valence-electron chi connectivity index (χ1n) is 6.12. The van der Waals surface area contributed by atoms with Gasteiger partial charge in [0, 0.05) is 19.7 Å². The zero-order valence-electron chi connectivity index (χ0n) is 10.2. The Labute approximate surface area is 101 Å². The Morgan fingerprint density at radius 1 is 1.53 bits per heavy atom. The molecule has 1 fully saturated rings. The molecule has 0 spiro atoms. The summed E-state index contributed by atoms with van der Waals surface area (Å²) in [5.41, 5.74) is 7.31. The molecule has 2 N–H and O–H groups in total. The SMILES string of the molecule is CCOC1CCCN(c2cc(F)ccc2N)C1. The quantitative estimate of drug-likeness (QED) is 0.822. The van der Waals surface area contributed by atoms with E-state index in [1.54, 1.807) is 6.07 Å². The van der Waals surface area contributed by atoms with Crippen LogP contribution in [0.2, 0.25) is 0 Å². The minimum Gasteiger partial charge on any atom is -0.397 e. The first-order valence-corrected chi connectivity index (χ1v) is 6.12. The minimum absolute atomic E-state index is 0.233. The molecular formula is C13H19FN2O. The summed E-state index contributed by atoms with van der Waals surface area (Å²) in [5.74, 6) is -0.243. The van der Waals surface area contributed by atoms with Crippen LogP contribution in [0, 0.1) is 5.82 Å². The number of nitrogens with two attached hydrogens (primary N) is 1. The second-order valence-corrected chi connectivity index (χ2v) is 4.37. The summed E-state index contributed by atoms with van der Waals surface area (Å²) in [6.07, 6.45) is 2.36. The van der Waals surface area contributed by atoms with Gasteiger partial charge in [-0.3, -0.25) is 0 Å². The highest BCUT2D eigenvalue weighted by molar-refractivity contribution is 5.67. The van der Waals surface area contributed by atoms with E-state index in [4.69, 9.17) is 10.5 Å². The fourth-order valence-corrected chi connectivity index (χ4v) is 2.32. The molecule has 17 heavy (non-hydrogen) atoms. The Balaban J connectivity index is 2.13. The summed E-state index contributed by atoms with van der Waals surface area (Å²) >= 11 is 0. The number of hydrogen-bond acceptors (Lipinski definition) is 3. The van der Waals surface area contributed by atoms with Crippen LogP contribution in [0.15, 0.2) is 18.2 Å². The molecule has 1 aliphatic heterocycles. The molecule has 0 radical (unpaired) electrons. The Morgan fingerprint density at radius 3 is 3.12 bits per heavy atom. The number of halogens is 1. The van der Waals surface area contributed by atoms with Gasteiger partial charge in [0.05, 0.1) is 17.5 Å². The molecule has 1 aromatic rings. The van der Waals surface area contributed by atoms with E-state index in [1.807, 2.05) is 6.92 Å². The maximum Gasteiger partial charge on any atom is 0.125 e. The van der Waals surface area contributed by atoms with Crippen molar-refractivity contribution in [3.63, 3.8) is 0 Å². The number of hydrogen-bond donors (Lipinski definition) is 1. The van der Waals surface area contributed by atoms with Gasteiger partial charge in [-0.1, -0.05) is 0 Å². The highest BCUT2D eigenvalue weighted by Gasteiger charge is 2.21. The van der Waals surface area contributed by atoms with E-state index in [9.17, 15) is 4.39 Å². The third-order valence-electron chi connectivity index (χ3n) is 3.11. The predicted octanol–water partition coefficient (Wildman–Crippen LogP) is 2.41. The van der Waals surface area contributed by atoms with E-state index in [0.29, 0.717) is 5.69 Å². The molecule has 1 saturated heterocycles. The lowest BCUT2D eigenvalue weighted by Crippen LogP contribution is -2.40. The van der Waals surface area contributed by atoms with Gasteiger partial charge in [-0.15, -0.1) is 0 Å². The van der Waals surface area contributed by atoms with Gasteiger partial charge in [-0.05, 0) is 38.0 Å². The first-order chi connectivity index (χ1) is 8.20. The van der Waals surface area contributed by atoms with Crippen molar-refractivity contribution in [1.82, 2.24) is 0 Å². The molecule has 1 unspecified atom stereocenters. The number of rotatable bonds is 3. The van der Waals surface area contributed by atoms with Crippen LogP contribution in [0.5, 0.6) is 0 Å². The highest BCUT2D eigenvalue weighted by Crippen LogP contribution is 2.27. The summed E-state index contributed by atoms with van der Waals surface area (Å²) in [4.78, 5) is 2.11. The van der Waals surface area contributed by atoms with Crippen LogP contribution in [-0.2, 0) is 4.74 Å². The van der Waals surface area contributed by atoms with Crippen molar-refractivity contribution in [1.29, 1.82) is 0 Å². The van der Waals surface area contributed by atoms with E-state index < -0.39 is 0 Å². The summed E-state index contributed by atoms with van der Waals surface area (Å²) < 4.78 is 18.9. The van der Waals surface area contributed by atoms with Crippen LogP contribution in [0.3, 0.4) is 0 Å². The van der Waals surface area contributed by atoms with E-state index >= 15 is 0 Å². The van der Waals surface area contributed by atoms with Crippen molar-refractivity contribution in [3.8, 4) is 0 Å². The first kappa shape index (κ1) is 12.2. The number of nitrogens with zero attached hydrogens (tertiary/aromatic N) is 1. The Kier molecular flexibility index (Phi) is 3.84. The smallest absolute Gasteiger partial charge is 0.125 e. The van der Waals surface area contributed by atoms with E-state index in [1.165, 1.54) is 12.1 Å². The van der Waals surface area contributed by atoms with Gasteiger partial charge in [-0.2, -0.15) is 0 Å². The van der Waals surface area contributed by atoms with Gasteiger partial charge >= 0.3 is 0 Å². The second-order valence-electron chi connectivity index (χ2n) is 4.37. The maximum absolute atomic E-state index is 13.2. The van der Waals surface area contributed by atoms with Gasteiger partial charge < -0.3 is 15.4 Å². The van der Waals surface area contributed by atoms with Crippen LogP contribution in [0.1, 0.15) is 19.8 Å². The molecule has 0 aliphatic carbocycles. The van der Waals surface area contributed by atoms with E-state index in [0.717, 1.165) is 38.2 Å². The van der Waals surface area contributed by atoms with Crippen molar-refractivity contribution in [2.75, 3.05) is 30.3 Å². The summed E-state index contributed by atoms with van der Waals surface area (Å²) in [6.45, 7) is 4.42. The number of nitrogen functional groups attached to an aromatic ring is 1. The van der Waals surface area contributed by atoms with Crippen molar-refractivity contribution in [2.24, 2.45) is 0 Å². The topological polar surface area (TPSA) is 38.5 Å². The third-order valence-corrected chi connectivity index (χ3v) is 3.11. The van der Waals surface area contributed by atoms with Crippen LogP contribution < -0.4 is 10.6 Å². The van der Waals surface area contributed by atoms with Crippen molar-refractivity contribution in [2.45, 2.75) is 25.9 Å². The molecule has 94 valence electrons. The Hall–Kier alpha value is -1.29. The van der Waals surface area contributed by atoms with Gasteiger partial charge in [0.2, 0.25) is 0 Å². The Bertz CT molecular complexity index is 382.